The monoisotopic (exact) mass is 286 g/mol. The van der Waals surface area contributed by atoms with Gasteiger partial charge in [-0.3, -0.25) is 4.79 Å². The summed E-state index contributed by atoms with van der Waals surface area (Å²) in [5, 5.41) is 7.97. The first kappa shape index (κ1) is 15.3. The van der Waals surface area contributed by atoms with Crippen LogP contribution in [0, 0.1) is 6.92 Å². The molecule has 0 saturated heterocycles. The normalized spacial score (nSPS) is 11.2. The van der Waals surface area contributed by atoms with Crippen molar-refractivity contribution in [1.29, 1.82) is 0 Å². The molecule has 0 saturated carbocycles. The number of likely N-dealkylation sites (N-methyl/N-ethyl adjacent to an activating group) is 1. The summed E-state index contributed by atoms with van der Waals surface area (Å²) in [5.74, 6) is -0.140. The zero-order valence-electron chi connectivity index (χ0n) is 11.1. The molecule has 19 heavy (non-hydrogen) atoms. The molecule has 106 valence electrons. The summed E-state index contributed by atoms with van der Waals surface area (Å²) in [6.45, 7) is 1.64. The van der Waals surface area contributed by atoms with Gasteiger partial charge in [-0.2, -0.15) is 0 Å². The Morgan fingerprint density at radius 2 is 1.95 bits per heavy atom. The number of carbonyl (C=O) groups is 1. The van der Waals surface area contributed by atoms with Crippen molar-refractivity contribution in [3.63, 3.8) is 0 Å². The SMILES string of the molecule is Cc1c(NCC(=O)N(C)C)cc(N)cc1S(N)(=O)=O. The third-order valence-electron chi connectivity index (χ3n) is 2.62. The van der Waals surface area contributed by atoms with Crippen LogP contribution in [0.3, 0.4) is 0 Å². The Morgan fingerprint density at radius 3 is 2.42 bits per heavy atom. The highest BCUT2D eigenvalue weighted by molar-refractivity contribution is 7.89. The van der Waals surface area contributed by atoms with Crippen molar-refractivity contribution in [2.45, 2.75) is 11.8 Å². The van der Waals surface area contributed by atoms with Gasteiger partial charge in [0.05, 0.1) is 11.4 Å². The summed E-state index contributed by atoms with van der Waals surface area (Å²) in [6.07, 6.45) is 0. The van der Waals surface area contributed by atoms with E-state index in [1.165, 1.54) is 11.0 Å². The molecule has 0 atom stereocenters. The molecule has 0 aliphatic rings. The number of nitrogens with two attached hydrogens (primary N) is 2. The van der Waals surface area contributed by atoms with Gasteiger partial charge in [-0.25, -0.2) is 13.6 Å². The van der Waals surface area contributed by atoms with E-state index in [1.807, 2.05) is 0 Å². The van der Waals surface area contributed by atoms with Crippen LogP contribution < -0.4 is 16.2 Å². The van der Waals surface area contributed by atoms with Gasteiger partial charge in [-0.15, -0.1) is 0 Å². The minimum atomic E-state index is -3.85. The van der Waals surface area contributed by atoms with E-state index < -0.39 is 10.0 Å². The second-order valence-corrected chi connectivity index (χ2v) is 5.91. The lowest BCUT2D eigenvalue weighted by Crippen LogP contribution is -2.29. The predicted molar refractivity (Wildman–Crippen MR) is 74.1 cm³/mol. The largest absolute Gasteiger partial charge is 0.399 e. The first-order chi connectivity index (χ1) is 8.62. The first-order valence-electron chi connectivity index (χ1n) is 5.50. The van der Waals surface area contributed by atoms with E-state index in [9.17, 15) is 13.2 Å². The number of hydrogen-bond acceptors (Lipinski definition) is 5. The topological polar surface area (TPSA) is 119 Å². The number of amides is 1. The first-order valence-corrected chi connectivity index (χ1v) is 7.04. The average Bonchev–Trinajstić information content (AvgIpc) is 2.27. The molecule has 0 radical (unpaired) electrons. The van der Waals surface area contributed by atoms with Gasteiger partial charge in [0, 0.05) is 25.5 Å². The lowest BCUT2D eigenvalue weighted by molar-refractivity contribution is -0.126. The van der Waals surface area contributed by atoms with Crippen molar-refractivity contribution in [1.82, 2.24) is 4.90 Å². The molecular weight excluding hydrogens is 268 g/mol. The summed E-state index contributed by atoms with van der Waals surface area (Å²) < 4.78 is 22.8. The maximum Gasteiger partial charge on any atom is 0.241 e. The third kappa shape index (κ3) is 3.83. The Hall–Kier alpha value is -1.80. The second kappa shape index (κ2) is 5.45. The minimum absolute atomic E-state index is 0.0430. The summed E-state index contributed by atoms with van der Waals surface area (Å²) >= 11 is 0. The van der Waals surface area contributed by atoms with E-state index in [1.54, 1.807) is 27.1 Å². The Bertz CT molecular complexity index is 596. The molecule has 1 amide bonds. The summed E-state index contributed by atoms with van der Waals surface area (Å²) in [4.78, 5) is 12.9. The van der Waals surface area contributed by atoms with Gasteiger partial charge >= 0.3 is 0 Å². The second-order valence-electron chi connectivity index (χ2n) is 4.38. The van der Waals surface area contributed by atoms with Crippen molar-refractivity contribution in [2.75, 3.05) is 31.7 Å². The molecule has 0 unspecified atom stereocenters. The molecule has 7 nitrogen and oxygen atoms in total. The number of nitrogens with one attached hydrogen (secondary N) is 1. The van der Waals surface area contributed by atoms with Crippen LogP contribution >= 0.6 is 0 Å². The van der Waals surface area contributed by atoms with Crippen LogP contribution in [0.25, 0.3) is 0 Å². The van der Waals surface area contributed by atoms with E-state index in [2.05, 4.69) is 5.32 Å². The van der Waals surface area contributed by atoms with Crippen LogP contribution in [-0.4, -0.2) is 39.9 Å². The van der Waals surface area contributed by atoms with Crippen molar-refractivity contribution < 1.29 is 13.2 Å². The number of nitrogen functional groups attached to an aromatic ring is 1. The Morgan fingerprint density at radius 1 is 1.37 bits per heavy atom. The van der Waals surface area contributed by atoms with Gasteiger partial charge in [-0.1, -0.05) is 0 Å². The van der Waals surface area contributed by atoms with Crippen molar-refractivity contribution >= 4 is 27.3 Å². The van der Waals surface area contributed by atoms with Crippen LogP contribution in [0.5, 0.6) is 0 Å². The number of anilines is 2. The van der Waals surface area contributed by atoms with Crippen molar-refractivity contribution in [3.05, 3.63) is 17.7 Å². The van der Waals surface area contributed by atoms with Gasteiger partial charge in [0.15, 0.2) is 0 Å². The van der Waals surface area contributed by atoms with Gasteiger partial charge < -0.3 is 16.0 Å². The molecular formula is C11H18N4O3S. The standard InChI is InChI=1S/C11H18N4O3S/c1-7-9(14-6-11(16)15(2)3)4-8(12)5-10(7)19(13,17)18/h4-5,14H,6,12H2,1-3H3,(H2,13,17,18). The smallest absolute Gasteiger partial charge is 0.241 e. The third-order valence-corrected chi connectivity index (χ3v) is 3.65. The quantitative estimate of drug-likeness (QED) is 0.658. The number of primary sulfonamides is 1. The molecule has 0 heterocycles. The zero-order valence-corrected chi connectivity index (χ0v) is 11.9. The average molecular weight is 286 g/mol. The van der Waals surface area contributed by atoms with Gasteiger partial charge in [0.1, 0.15) is 0 Å². The van der Waals surface area contributed by atoms with E-state index in [-0.39, 0.29) is 23.0 Å². The summed E-state index contributed by atoms with van der Waals surface area (Å²) in [7, 11) is -0.587. The van der Waals surface area contributed by atoms with Crippen LogP contribution in [0.15, 0.2) is 17.0 Å². The molecule has 0 aromatic heterocycles. The molecule has 5 N–H and O–H groups in total. The molecule has 0 aliphatic carbocycles. The lowest BCUT2D eigenvalue weighted by Gasteiger charge is -2.15. The number of benzene rings is 1. The zero-order chi connectivity index (χ0) is 14.8. The van der Waals surface area contributed by atoms with E-state index in [0.717, 1.165) is 0 Å². The van der Waals surface area contributed by atoms with E-state index >= 15 is 0 Å². The van der Waals surface area contributed by atoms with Crippen LogP contribution in [0.2, 0.25) is 0 Å². The number of nitrogens with zero attached hydrogens (tertiary/aromatic N) is 1. The predicted octanol–water partition coefficient (Wildman–Crippen LogP) is -0.275. The highest BCUT2D eigenvalue weighted by Gasteiger charge is 2.16. The Kier molecular flexibility index (Phi) is 4.38. The fraction of sp³-hybridized carbons (Fsp3) is 0.364. The molecule has 8 heteroatoms. The minimum Gasteiger partial charge on any atom is -0.399 e. The molecule has 0 fully saturated rings. The Balaban J connectivity index is 3.10. The molecule has 0 spiro atoms. The molecule has 1 rings (SSSR count). The van der Waals surface area contributed by atoms with Gasteiger partial charge in [0.2, 0.25) is 15.9 Å². The van der Waals surface area contributed by atoms with Crippen LogP contribution in [0.1, 0.15) is 5.56 Å². The number of carbonyl (C=O) groups excluding carboxylic acids is 1. The van der Waals surface area contributed by atoms with Crippen LogP contribution in [0.4, 0.5) is 11.4 Å². The fourth-order valence-electron chi connectivity index (χ4n) is 1.52. The highest BCUT2D eigenvalue weighted by Crippen LogP contribution is 2.25. The lowest BCUT2D eigenvalue weighted by atomic mass is 10.2. The fourth-order valence-corrected chi connectivity index (χ4v) is 2.35. The van der Waals surface area contributed by atoms with E-state index in [4.69, 9.17) is 10.9 Å². The molecule has 0 bridgehead atoms. The molecule has 1 aromatic carbocycles. The molecule has 0 aliphatic heterocycles. The molecule has 1 aromatic rings. The highest BCUT2D eigenvalue weighted by atomic mass is 32.2. The maximum atomic E-state index is 11.5. The number of hydrogen-bond donors (Lipinski definition) is 3. The van der Waals surface area contributed by atoms with Gasteiger partial charge in [0.25, 0.3) is 0 Å². The number of rotatable bonds is 4. The summed E-state index contributed by atoms with van der Waals surface area (Å²) in [6, 6.07) is 2.86. The summed E-state index contributed by atoms with van der Waals surface area (Å²) in [5.41, 5.74) is 6.80. The van der Waals surface area contributed by atoms with Crippen LogP contribution in [-0.2, 0) is 14.8 Å². The van der Waals surface area contributed by atoms with Gasteiger partial charge in [-0.05, 0) is 24.6 Å². The number of sulfonamides is 1. The van der Waals surface area contributed by atoms with Crippen molar-refractivity contribution in [2.24, 2.45) is 5.14 Å². The maximum absolute atomic E-state index is 11.5. The van der Waals surface area contributed by atoms with Crippen molar-refractivity contribution in [3.8, 4) is 0 Å². The Labute approximate surface area is 112 Å². The van der Waals surface area contributed by atoms with E-state index in [0.29, 0.717) is 11.3 Å².